The van der Waals surface area contributed by atoms with Crippen molar-refractivity contribution in [2.24, 2.45) is 5.73 Å². The van der Waals surface area contributed by atoms with Gasteiger partial charge in [-0.05, 0) is 24.0 Å². The van der Waals surface area contributed by atoms with E-state index in [1.54, 1.807) is 11.8 Å². The maximum Gasteiger partial charge on any atom is 0.314 e. The van der Waals surface area contributed by atoms with Crippen molar-refractivity contribution in [3.63, 3.8) is 0 Å². The first kappa shape index (κ1) is 12.1. The number of ether oxygens (including phenoxy) is 1. The third kappa shape index (κ3) is 2.97. The summed E-state index contributed by atoms with van der Waals surface area (Å²) in [5, 5.41) is 0. The van der Waals surface area contributed by atoms with Crippen LogP contribution in [0.5, 0.6) is 0 Å². The molecule has 1 atom stereocenters. The molecule has 0 bridgehead atoms. The third-order valence-corrected chi connectivity index (χ3v) is 2.94. The van der Waals surface area contributed by atoms with Gasteiger partial charge < -0.3 is 10.5 Å². The van der Waals surface area contributed by atoms with Crippen LogP contribution in [0, 0.1) is 0 Å². The fourth-order valence-corrected chi connectivity index (χ4v) is 1.84. The molecule has 1 rings (SSSR count). The van der Waals surface area contributed by atoms with Crippen molar-refractivity contribution < 1.29 is 9.53 Å². The van der Waals surface area contributed by atoms with Crippen molar-refractivity contribution in [3.8, 4) is 0 Å². The molecule has 0 amide bonds. The zero-order valence-electron chi connectivity index (χ0n) is 8.90. The van der Waals surface area contributed by atoms with Crippen LogP contribution in [0.3, 0.4) is 0 Å². The van der Waals surface area contributed by atoms with Crippen LogP contribution in [0.25, 0.3) is 0 Å². The van der Waals surface area contributed by atoms with Crippen LogP contribution in [-0.2, 0) is 9.53 Å². The maximum absolute atomic E-state index is 11.4. The zero-order valence-corrected chi connectivity index (χ0v) is 9.71. The number of carbonyl (C=O) groups is 1. The minimum atomic E-state index is -0.359. The molecular weight excluding hydrogens is 210 g/mol. The van der Waals surface area contributed by atoms with Crippen molar-refractivity contribution in [2.45, 2.75) is 10.8 Å². The Hall–Kier alpha value is -1.00. The van der Waals surface area contributed by atoms with E-state index in [9.17, 15) is 4.79 Å². The Morgan fingerprint density at radius 3 is 2.87 bits per heavy atom. The van der Waals surface area contributed by atoms with Crippen molar-refractivity contribution in [1.82, 2.24) is 0 Å². The molecule has 15 heavy (non-hydrogen) atoms. The Balaban J connectivity index is 2.96. The monoisotopic (exact) mass is 225 g/mol. The Bertz CT molecular complexity index is 341. The summed E-state index contributed by atoms with van der Waals surface area (Å²) in [7, 11) is 1.38. The summed E-state index contributed by atoms with van der Waals surface area (Å²) in [5.41, 5.74) is 6.48. The molecule has 1 aromatic rings. The van der Waals surface area contributed by atoms with Gasteiger partial charge in [0.2, 0.25) is 0 Å². The predicted octanol–water partition coefficient (Wildman–Crippen LogP) is 1.62. The Labute approximate surface area is 94.0 Å². The number of benzene rings is 1. The Morgan fingerprint density at radius 2 is 2.33 bits per heavy atom. The van der Waals surface area contributed by atoms with E-state index in [4.69, 9.17) is 10.5 Å². The number of hydrogen-bond donors (Lipinski definition) is 1. The predicted molar refractivity (Wildman–Crippen MR) is 62.0 cm³/mol. The molecule has 0 aliphatic rings. The molecule has 0 saturated carbocycles. The van der Waals surface area contributed by atoms with E-state index >= 15 is 0 Å². The van der Waals surface area contributed by atoms with E-state index in [2.05, 4.69) is 0 Å². The van der Waals surface area contributed by atoms with Crippen LogP contribution < -0.4 is 5.73 Å². The molecule has 0 aromatic heterocycles. The highest BCUT2D eigenvalue weighted by atomic mass is 32.2. The van der Waals surface area contributed by atoms with Gasteiger partial charge in [0.25, 0.3) is 0 Å². The first-order valence-electron chi connectivity index (χ1n) is 4.64. The van der Waals surface area contributed by atoms with Gasteiger partial charge in [-0.25, -0.2) is 0 Å². The summed E-state index contributed by atoms with van der Waals surface area (Å²) in [5.74, 6) is -0.641. The molecule has 4 heteroatoms. The van der Waals surface area contributed by atoms with Gasteiger partial charge >= 0.3 is 5.97 Å². The van der Waals surface area contributed by atoms with Gasteiger partial charge in [-0.2, -0.15) is 0 Å². The largest absolute Gasteiger partial charge is 0.469 e. The number of esters is 1. The molecule has 0 radical (unpaired) electrons. The number of nitrogens with two attached hydrogens (primary N) is 1. The average molecular weight is 225 g/mol. The van der Waals surface area contributed by atoms with Crippen LogP contribution in [0.15, 0.2) is 29.2 Å². The standard InChI is InChI=1S/C11H15NO2S/c1-14-11(13)10(7-12)8-4-3-5-9(6-8)15-2/h3-6,10H,7,12H2,1-2H3. The van der Waals surface area contributed by atoms with Crippen LogP contribution in [0.1, 0.15) is 11.5 Å². The topological polar surface area (TPSA) is 52.3 Å². The van der Waals surface area contributed by atoms with Crippen molar-refractivity contribution in [1.29, 1.82) is 0 Å². The fraction of sp³-hybridized carbons (Fsp3) is 0.364. The second-order valence-corrected chi connectivity index (χ2v) is 3.97. The first-order valence-corrected chi connectivity index (χ1v) is 5.87. The van der Waals surface area contributed by atoms with E-state index in [-0.39, 0.29) is 18.4 Å². The van der Waals surface area contributed by atoms with E-state index in [1.807, 2.05) is 30.5 Å². The summed E-state index contributed by atoms with van der Waals surface area (Å²) in [6.07, 6.45) is 1.99. The van der Waals surface area contributed by atoms with Gasteiger partial charge in [0.1, 0.15) is 0 Å². The molecule has 0 aliphatic heterocycles. The molecule has 3 nitrogen and oxygen atoms in total. The quantitative estimate of drug-likeness (QED) is 0.625. The SMILES string of the molecule is COC(=O)C(CN)c1cccc(SC)c1. The molecule has 1 unspecified atom stereocenters. The van der Waals surface area contributed by atoms with Gasteiger partial charge in [0.15, 0.2) is 0 Å². The van der Waals surface area contributed by atoms with Gasteiger partial charge in [-0.15, -0.1) is 11.8 Å². The number of hydrogen-bond acceptors (Lipinski definition) is 4. The second-order valence-electron chi connectivity index (χ2n) is 3.09. The highest BCUT2D eigenvalue weighted by Gasteiger charge is 2.19. The Kier molecular flexibility index (Phi) is 4.65. The van der Waals surface area contributed by atoms with E-state index < -0.39 is 0 Å². The van der Waals surface area contributed by atoms with E-state index in [0.29, 0.717) is 0 Å². The zero-order chi connectivity index (χ0) is 11.3. The van der Waals surface area contributed by atoms with E-state index in [1.165, 1.54) is 7.11 Å². The summed E-state index contributed by atoms with van der Waals surface area (Å²) < 4.78 is 4.71. The van der Waals surface area contributed by atoms with E-state index in [0.717, 1.165) is 10.5 Å². The molecular formula is C11H15NO2S. The van der Waals surface area contributed by atoms with Crippen molar-refractivity contribution >= 4 is 17.7 Å². The van der Waals surface area contributed by atoms with Crippen molar-refractivity contribution in [3.05, 3.63) is 29.8 Å². The molecule has 0 aliphatic carbocycles. The summed E-state index contributed by atoms with van der Waals surface area (Å²) in [6, 6.07) is 7.79. The molecule has 0 spiro atoms. The number of methoxy groups -OCH3 is 1. The van der Waals surface area contributed by atoms with Crippen LogP contribution in [0.2, 0.25) is 0 Å². The number of rotatable bonds is 4. The third-order valence-electron chi connectivity index (χ3n) is 2.22. The highest BCUT2D eigenvalue weighted by Crippen LogP contribution is 2.22. The van der Waals surface area contributed by atoms with Gasteiger partial charge in [0.05, 0.1) is 13.0 Å². The normalized spacial score (nSPS) is 12.2. The lowest BCUT2D eigenvalue weighted by molar-refractivity contribution is -0.142. The maximum atomic E-state index is 11.4. The lowest BCUT2D eigenvalue weighted by atomic mass is 10.00. The molecule has 0 heterocycles. The average Bonchev–Trinajstić information content (AvgIpc) is 2.30. The fourth-order valence-electron chi connectivity index (χ4n) is 1.37. The van der Waals surface area contributed by atoms with Gasteiger partial charge in [0, 0.05) is 11.4 Å². The molecule has 82 valence electrons. The van der Waals surface area contributed by atoms with Gasteiger partial charge in [-0.3, -0.25) is 4.79 Å². The number of thioether (sulfide) groups is 1. The minimum Gasteiger partial charge on any atom is -0.469 e. The Morgan fingerprint density at radius 1 is 1.60 bits per heavy atom. The van der Waals surface area contributed by atoms with Crippen LogP contribution in [-0.4, -0.2) is 25.9 Å². The molecule has 0 saturated heterocycles. The number of carbonyl (C=O) groups excluding carboxylic acids is 1. The van der Waals surface area contributed by atoms with Crippen molar-refractivity contribution in [2.75, 3.05) is 19.9 Å². The smallest absolute Gasteiger partial charge is 0.314 e. The summed E-state index contributed by atoms with van der Waals surface area (Å²) >= 11 is 1.64. The lowest BCUT2D eigenvalue weighted by Gasteiger charge is -2.13. The summed E-state index contributed by atoms with van der Waals surface area (Å²) in [4.78, 5) is 12.6. The molecule has 2 N–H and O–H groups in total. The first-order chi connectivity index (χ1) is 7.22. The second kappa shape index (κ2) is 5.78. The summed E-state index contributed by atoms with van der Waals surface area (Å²) in [6.45, 7) is 0.268. The highest BCUT2D eigenvalue weighted by molar-refractivity contribution is 7.98. The molecule has 0 fully saturated rings. The lowest BCUT2D eigenvalue weighted by Crippen LogP contribution is -2.22. The van der Waals surface area contributed by atoms with Gasteiger partial charge in [-0.1, -0.05) is 12.1 Å². The van der Waals surface area contributed by atoms with Crippen LogP contribution >= 0.6 is 11.8 Å². The molecule has 1 aromatic carbocycles. The minimum absolute atomic E-state index is 0.268. The van der Waals surface area contributed by atoms with Crippen LogP contribution in [0.4, 0.5) is 0 Å².